The SMILES string of the molecule is CCNC(C)c1ccc(N(CC)C2CCCC2)cc1Cl. The summed E-state index contributed by atoms with van der Waals surface area (Å²) < 4.78 is 0. The molecule has 1 fully saturated rings. The average Bonchev–Trinajstić information content (AvgIpc) is 2.94. The molecule has 20 heavy (non-hydrogen) atoms. The van der Waals surface area contributed by atoms with Crippen LogP contribution in [0.3, 0.4) is 0 Å². The fourth-order valence-corrected chi connectivity index (χ4v) is 3.67. The molecule has 0 amide bonds. The molecular weight excluding hydrogens is 268 g/mol. The lowest BCUT2D eigenvalue weighted by molar-refractivity contribution is 0.597. The minimum absolute atomic E-state index is 0.308. The Morgan fingerprint density at radius 2 is 2.00 bits per heavy atom. The van der Waals surface area contributed by atoms with E-state index in [2.05, 4.69) is 49.2 Å². The van der Waals surface area contributed by atoms with Crippen molar-refractivity contribution < 1.29 is 0 Å². The predicted octanol–water partition coefficient (Wildman–Crippen LogP) is 4.78. The first-order valence-electron chi connectivity index (χ1n) is 7.96. The molecule has 1 N–H and O–H groups in total. The van der Waals surface area contributed by atoms with E-state index in [0.29, 0.717) is 12.1 Å². The van der Waals surface area contributed by atoms with Gasteiger partial charge >= 0.3 is 0 Å². The molecule has 1 atom stereocenters. The highest BCUT2D eigenvalue weighted by molar-refractivity contribution is 6.31. The number of anilines is 1. The van der Waals surface area contributed by atoms with Crippen LogP contribution < -0.4 is 10.2 Å². The molecule has 1 aromatic carbocycles. The lowest BCUT2D eigenvalue weighted by atomic mass is 10.1. The average molecular weight is 295 g/mol. The van der Waals surface area contributed by atoms with Crippen molar-refractivity contribution in [1.82, 2.24) is 5.32 Å². The summed E-state index contributed by atoms with van der Waals surface area (Å²) in [6.07, 6.45) is 5.37. The lowest BCUT2D eigenvalue weighted by Crippen LogP contribution is -2.33. The van der Waals surface area contributed by atoms with Crippen molar-refractivity contribution in [3.8, 4) is 0 Å². The van der Waals surface area contributed by atoms with Crippen LogP contribution in [0.1, 0.15) is 58.1 Å². The number of halogens is 1. The molecule has 1 aliphatic rings. The Morgan fingerprint density at radius 1 is 1.30 bits per heavy atom. The van der Waals surface area contributed by atoms with Crippen LogP contribution >= 0.6 is 11.6 Å². The van der Waals surface area contributed by atoms with Crippen LogP contribution in [0.2, 0.25) is 5.02 Å². The summed E-state index contributed by atoms with van der Waals surface area (Å²) in [7, 11) is 0. The van der Waals surface area contributed by atoms with Crippen molar-refractivity contribution in [1.29, 1.82) is 0 Å². The summed E-state index contributed by atoms with van der Waals surface area (Å²) in [5.74, 6) is 0. The second kappa shape index (κ2) is 7.33. The Labute approximate surface area is 128 Å². The first kappa shape index (κ1) is 15.7. The van der Waals surface area contributed by atoms with Crippen LogP contribution in [0, 0.1) is 0 Å². The van der Waals surface area contributed by atoms with Crippen LogP contribution in [0.25, 0.3) is 0 Å². The zero-order chi connectivity index (χ0) is 14.5. The zero-order valence-corrected chi connectivity index (χ0v) is 13.7. The van der Waals surface area contributed by atoms with Crippen molar-refractivity contribution >= 4 is 17.3 Å². The van der Waals surface area contributed by atoms with E-state index < -0.39 is 0 Å². The summed E-state index contributed by atoms with van der Waals surface area (Å²) in [4.78, 5) is 2.51. The van der Waals surface area contributed by atoms with Crippen LogP contribution in [0.4, 0.5) is 5.69 Å². The Balaban J connectivity index is 2.18. The minimum atomic E-state index is 0.308. The van der Waals surface area contributed by atoms with E-state index in [1.165, 1.54) is 36.9 Å². The van der Waals surface area contributed by atoms with E-state index >= 15 is 0 Å². The first-order chi connectivity index (χ1) is 9.67. The van der Waals surface area contributed by atoms with Crippen molar-refractivity contribution in [2.45, 2.75) is 58.5 Å². The maximum atomic E-state index is 6.50. The predicted molar refractivity (Wildman–Crippen MR) is 88.8 cm³/mol. The molecule has 0 saturated heterocycles. The van der Waals surface area contributed by atoms with E-state index in [9.17, 15) is 0 Å². The number of hydrogen-bond acceptors (Lipinski definition) is 2. The number of benzene rings is 1. The number of rotatable bonds is 6. The van der Waals surface area contributed by atoms with Gasteiger partial charge in [-0.05, 0) is 50.9 Å². The molecule has 2 nitrogen and oxygen atoms in total. The third kappa shape index (κ3) is 3.48. The quantitative estimate of drug-likeness (QED) is 0.812. The molecule has 112 valence electrons. The van der Waals surface area contributed by atoms with Gasteiger partial charge in [0.2, 0.25) is 0 Å². The van der Waals surface area contributed by atoms with Gasteiger partial charge in [0.05, 0.1) is 0 Å². The molecule has 0 aromatic heterocycles. The maximum absolute atomic E-state index is 6.50. The van der Waals surface area contributed by atoms with Gasteiger partial charge in [-0.15, -0.1) is 0 Å². The number of nitrogens with zero attached hydrogens (tertiary/aromatic N) is 1. The topological polar surface area (TPSA) is 15.3 Å². The molecule has 2 rings (SSSR count). The van der Waals surface area contributed by atoms with Gasteiger partial charge in [0.15, 0.2) is 0 Å². The largest absolute Gasteiger partial charge is 0.369 e. The van der Waals surface area contributed by atoms with Crippen molar-refractivity contribution in [3.63, 3.8) is 0 Å². The van der Waals surface area contributed by atoms with E-state index in [1.54, 1.807) is 0 Å². The molecule has 0 spiro atoms. The van der Waals surface area contributed by atoms with Crippen molar-refractivity contribution in [2.24, 2.45) is 0 Å². The highest BCUT2D eigenvalue weighted by Gasteiger charge is 2.22. The first-order valence-corrected chi connectivity index (χ1v) is 8.34. The third-order valence-electron chi connectivity index (χ3n) is 4.40. The highest BCUT2D eigenvalue weighted by atomic mass is 35.5. The van der Waals surface area contributed by atoms with Crippen LogP contribution in [0.15, 0.2) is 18.2 Å². The summed E-state index contributed by atoms with van der Waals surface area (Å²) in [6, 6.07) is 7.57. The second-order valence-corrected chi connectivity index (χ2v) is 6.12. The Morgan fingerprint density at radius 3 is 2.55 bits per heavy atom. The van der Waals surface area contributed by atoms with Gasteiger partial charge in [-0.2, -0.15) is 0 Å². The second-order valence-electron chi connectivity index (χ2n) is 5.71. The Bertz CT molecular complexity index is 427. The normalized spacial score (nSPS) is 17.4. The summed E-state index contributed by atoms with van der Waals surface area (Å²) in [5, 5.41) is 4.30. The zero-order valence-electron chi connectivity index (χ0n) is 13.0. The van der Waals surface area contributed by atoms with Crippen molar-refractivity contribution in [2.75, 3.05) is 18.0 Å². The molecule has 0 aliphatic heterocycles. The van der Waals surface area contributed by atoms with Crippen molar-refractivity contribution in [3.05, 3.63) is 28.8 Å². The van der Waals surface area contributed by atoms with Gasteiger partial charge in [-0.25, -0.2) is 0 Å². The lowest BCUT2D eigenvalue weighted by Gasteiger charge is -2.30. The maximum Gasteiger partial charge on any atom is 0.0474 e. The summed E-state index contributed by atoms with van der Waals surface area (Å²) in [5.41, 5.74) is 2.47. The number of hydrogen-bond donors (Lipinski definition) is 1. The van der Waals surface area contributed by atoms with Gasteiger partial charge in [0.25, 0.3) is 0 Å². The third-order valence-corrected chi connectivity index (χ3v) is 4.73. The molecule has 1 unspecified atom stereocenters. The van der Waals surface area contributed by atoms with Gasteiger partial charge in [0.1, 0.15) is 0 Å². The van der Waals surface area contributed by atoms with Gasteiger partial charge in [-0.1, -0.05) is 37.4 Å². The molecule has 1 aliphatic carbocycles. The molecule has 1 saturated carbocycles. The fourth-order valence-electron chi connectivity index (χ4n) is 3.33. The van der Waals surface area contributed by atoms with E-state index in [4.69, 9.17) is 11.6 Å². The van der Waals surface area contributed by atoms with Gasteiger partial charge < -0.3 is 10.2 Å². The minimum Gasteiger partial charge on any atom is -0.369 e. The molecular formula is C17H27ClN2. The monoisotopic (exact) mass is 294 g/mol. The van der Waals surface area contributed by atoms with Gasteiger partial charge in [0, 0.05) is 29.3 Å². The van der Waals surface area contributed by atoms with E-state index in [-0.39, 0.29) is 0 Å². The molecule has 3 heteroatoms. The molecule has 0 bridgehead atoms. The molecule has 0 heterocycles. The summed E-state index contributed by atoms with van der Waals surface area (Å²) >= 11 is 6.50. The van der Waals surface area contributed by atoms with Crippen LogP contribution in [0.5, 0.6) is 0 Å². The van der Waals surface area contributed by atoms with Gasteiger partial charge in [-0.3, -0.25) is 0 Å². The molecule has 1 aromatic rings. The van der Waals surface area contributed by atoms with E-state index in [0.717, 1.165) is 18.1 Å². The highest BCUT2D eigenvalue weighted by Crippen LogP contribution is 2.32. The fraction of sp³-hybridized carbons (Fsp3) is 0.647. The van der Waals surface area contributed by atoms with Crippen LogP contribution in [-0.2, 0) is 0 Å². The summed E-state index contributed by atoms with van der Waals surface area (Å²) in [6.45, 7) is 8.55. The molecule has 0 radical (unpaired) electrons. The number of nitrogens with one attached hydrogen (secondary N) is 1. The van der Waals surface area contributed by atoms with Crippen LogP contribution in [-0.4, -0.2) is 19.1 Å². The Hall–Kier alpha value is -0.730. The standard InChI is InChI=1S/C17H27ClN2/c1-4-19-13(3)16-11-10-15(12-17(16)18)20(5-2)14-8-6-7-9-14/h10-14,19H,4-9H2,1-3H3. The van der Waals surface area contributed by atoms with E-state index in [1.807, 2.05) is 0 Å². The smallest absolute Gasteiger partial charge is 0.0474 e. The Kier molecular flexibility index (Phi) is 5.74.